The molecule has 1 aromatic carbocycles. The van der Waals surface area contributed by atoms with Gasteiger partial charge in [-0.25, -0.2) is 0 Å². The molecule has 0 radical (unpaired) electrons. The molecule has 2 rings (SSSR count). The highest BCUT2D eigenvalue weighted by Gasteiger charge is 2.21. The Morgan fingerprint density at radius 2 is 2.12 bits per heavy atom. The predicted octanol–water partition coefficient (Wildman–Crippen LogP) is 2.04. The molecule has 3 N–H and O–H groups in total. The number of anilines is 2. The van der Waals surface area contributed by atoms with E-state index in [1.165, 1.54) is 17.8 Å². The Labute approximate surface area is 97.6 Å². The number of rotatable bonds is 3. The second-order valence-corrected chi connectivity index (χ2v) is 4.86. The van der Waals surface area contributed by atoms with E-state index in [0.717, 1.165) is 12.8 Å². The molecule has 3 nitrogen and oxygen atoms in total. The Balaban J connectivity index is 2.01. The Hall–Kier alpha value is -1.22. The highest BCUT2D eigenvalue weighted by molar-refractivity contribution is 5.57. The predicted molar refractivity (Wildman–Crippen MR) is 70.0 cm³/mol. The smallest absolute Gasteiger partial charge is 0.0381 e. The molecule has 1 saturated carbocycles. The number of benzene rings is 1. The van der Waals surface area contributed by atoms with Crippen molar-refractivity contribution in [3.63, 3.8) is 0 Å². The Bertz CT molecular complexity index is 349. The molecule has 2 atom stereocenters. The monoisotopic (exact) mass is 219 g/mol. The number of hydrogen-bond acceptors (Lipinski definition) is 3. The maximum Gasteiger partial charge on any atom is 0.0381 e. The summed E-state index contributed by atoms with van der Waals surface area (Å²) >= 11 is 0. The van der Waals surface area contributed by atoms with Crippen molar-refractivity contribution in [3.05, 3.63) is 24.3 Å². The fourth-order valence-electron chi connectivity index (χ4n) is 2.26. The third kappa shape index (κ3) is 2.67. The third-order valence-corrected chi connectivity index (χ3v) is 3.21. The van der Waals surface area contributed by atoms with Crippen molar-refractivity contribution in [1.29, 1.82) is 0 Å². The lowest BCUT2D eigenvalue weighted by Crippen LogP contribution is -2.20. The first-order valence-corrected chi connectivity index (χ1v) is 5.94. The fraction of sp³-hybridized carbons (Fsp3) is 0.538. The standard InChI is InChI=1S/C13H21N3/c1-16(2)13-5-3-4-11(9-13)15-12-7-6-10(14)8-12/h3-5,9-10,12,15H,6-8,14H2,1-2H3. The zero-order valence-corrected chi connectivity index (χ0v) is 10.1. The minimum atomic E-state index is 0.384. The van der Waals surface area contributed by atoms with Gasteiger partial charge >= 0.3 is 0 Å². The van der Waals surface area contributed by atoms with E-state index in [9.17, 15) is 0 Å². The molecule has 2 unspecified atom stereocenters. The van der Waals surface area contributed by atoms with Gasteiger partial charge in [0.05, 0.1) is 0 Å². The summed E-state index contributed by atoms with van der Waals surface area (Å²) in [5, 5.41) is 3.56. The van der Waals surface area contributed by atoms with Crippen LogP contribution in [0.4, 0.5) is 11.4 Å². The molecule has 0 saturated heterocycles. The molecule has 0 aromatic heterocycles. The number of nitrogens with one attached hydrogen (secondary N) is 1. The van der Waals surface area contributed by atoms with E-state index < -0.39 is 0 Å². The summed E-state index contributed by atoms with van der Waals surface area (Å²) in [6.45, 7) is 0. The molecule has 88 valence electrons. The zero-order chi connectivity index (χ0) is 11.5. The number of nitrogens with two attached hydrogens (primary N) is 1. The van der Waals surface area contributed by atoms with Crippen molar-refractivity contribution >= 4 is 11.4 Å². The number of hydrogen-bond donors (Lipinski definition) is 2. The second kappa shape index (κ2) is 4.74. The maximum absolute atomic E-state index is 5.91. The van der Waals surface area contributed by atoms with Crippen LogP contribution in [0.25, 0.3) is 0 Å². The average molecular weight is 219 g/mol. The van der Waals surface area contributed by atoms with Gasteiger partial charge in [0.25, 0.3) is 0 Å². The molecule has 1 aliphatic rings. The van der Waals surface area contributed by atoms with Crippen LogP contribution in [0.2, 0.25) is 0 Å². The minimum absolute atomic E-state index is 0.384. The summed E-state index contributed by atoms with van der Waals surface area (Å²) in [5.74, 6) is 0. The van der Waals surface area contributed by atoms with Gasteiger partial charge in [0.1, 0.15) is 0 Å². The summed E-state index contributed by atoms with van der Waals surface area (Å²) in [7, 11) is 4.12. The van der Waals surface area contributed by atoms with E-state index in [-0.39, 0.29) is 0 Å². The molecular formula is C13H21N3. The first-order chi connectivity index (χ1) is 7.65. The van der Waals surface area contributed by atoms with Crippen molar-refractivity contribution in [3.8, 4) is 0 Å². The van der Waals surface area contributed by atoms with Gasteiger partial charge < -0.3 is 16.0 Å². The van der Waals surface area contributed by atoms with E-state index in [1.54, 1.807) is 0 Å². The van der Waals surface area contributed by atoms with Crippen molar-refractivity contribution in [2.75, 3.05) is 24.3 Å². The highest BCUT2D eigenvalue weighted by atomic mass is 15.1. The van der Waals surface area contributed by atoms with Crippen molar-refractivity contribution < 1.29 is 0 Å². The van der Waals surface area contributed by atoms with Gasteiger partial charge in [-0.2, -0.15) is 0 Å². The van der Waals surface area contributed by atoms with Gasteiger partial charge in [-0.05, 0) is 37.5 Å². The average Bonchev–Trinajstić information content (AvgIpc) is 2.64. The molecule has 0 amide bonds. The second-order valence-electron chi connectivity index (χ2n) is 4.86. The third-order valence-electron chi connectivity index (χ3n) is 3.21. The molecule has 1 aliphatic carbocycles. The van der Waals surface area contributed by atoms with Crippen molar-refractivity contribution in [1.82, 2.24) is 0 Å². The van der Waals surface area contributed by atoms with Crippen LogP contribution in [0, 0.1) is 0 Å². The lowest BCUT2D eigenvalue weighted by Gasteiger charge is -2.17. The van der Waals surface area contributed by atoms with Crippen LogP contribution in [0.5, 0.6) is 0 Å². The van der Waals surface area contributed by atoms with Crippen LogP contribution < -0.4 is 16.0 Å². The lowest BCUT2D eigenvalue weighted by atomic mass is 10.2. The molecule has 16 heavy (non-hydrogen) atoms. The molecule has 1 fully saturated rings. The number of nitrogens with zero attached hydrogens (tertiary/aromatic N) is 1. The summed E-state index contributed by atoms with van der Waals surface area (Å²) in [6.07, 6.45) is 3.42. The quantitative estimate of drug-likeness (QED) is 0.817. The van der Waals surface area contributed by atoms with E-state index in [2.05, 4.69) is 48.6 Å². The van der Waals surface area contributed by atoms with Gasteiger partial charge in [-0.1, -0.05) is 6.07 Å². The maximum atomic E-state index is 5.91. The van der Waals surface area contributed by atoms with Crippen LogP contribution in [-0.2, 0) is 0 Å². The summed E-state index contributed by atoms with van der Waals surface area (Å²) in [4.78, 5) is 2.12. The molecule has 0 bridgehead atoms. The molecule has 0 aliphatic heterocycles. The largest absolute Gasteiger partial charge is 0.382 e. The topological polar surface area (TPSA) is 41.3 Å². The molecule has 1 aromatic rings. The minimum Gasteiger partial charge on any atom is -0.382 e. The summed E-state index contributed by atoms with van der Waals surface area (Å²) in [5.41, 5.74) is 8.34. The first-order valence-electron chi connectivity index (χ1n) is 5.94. The van der Waals surface area contributed by atoms with Gasteiger partial charge in [-0.3, -0.25) is 0 Å². The zero-order valence-electron chi connectivity index (χ0n) is 10.1. The Morgan fingerprint density at radius 1 is 1.31 bits per heavy atom. The van der Waals surface area contributed by atoms with Gasteiger partial charge in [0.2, 0.25) is 0 Å². The van der Waals surface area contributed by atoms with Crippen molar-refractivity contribution in [2.24, 2.45) is 5.73 Å². The first kappa shape index (κ1) is 11.3. The summed E-state index contributed by atoms with van der Waals surface area (Å²) in [6, 6.07) is 9.45. The van der Waals surface area contributed by atoms with E-state index in [0.29, 0.717) is 12.1 Å². The van der Waals surface area contributed by atoms with Crippen LogP contribution in [0.3, 0.4) is 0 Å². The van der Waals surface area contributed by atoms with Crippen LogP contribution in [0.15, 0.2) is 24.3 Å². The molecule has 0 spiro atoms. The van der Waals surface area contributed by atoms with Gasteiger partial charge in [-0.15, -0.1) is 0 Å². The van der Waals surface area contributed by atoms with Crippen LogP contribution >= 0.6 is 0 Å². The van der Waals surface area contributed by atoms with E-state index >= 15 is 0 Å². The van der Waals surface area contributed by atoms with Crippen molar-refractivity contribution in [2.45, 2.75) is 31.3 Å². The lowest BCUT2D eigenvalue weighted by molar-refractivity contribution is 0.688. The van der Waals surface area contributed by atoms with Gasteiger partial charge in [0.15, 0.2) is 0 Å². The van der Waals surface area contributed by atoms with Crippen LogP contribution in [-0.4, -0.2) is 26.2 Å². The molecule has 0 heterocycles. The highest BCUT2D eigenvalue weighted by Crippen LogP contribution is 2.24. The Kier molecular flexibility index (Phi) is 3.34. The molecular weight excluding hydrogens is 198 g/mol. The fourth-order valence-corrected chi connectivity index (χ4v) is 2.26. The molecule has 3 heteroatoms. The summed E-state index contributed by atoms with van der Waals surface area (Å²) < 4.78 is 0. The SMILES string of the molecule is CN(C)c1cccc(NC2CCC(N)C2)c1. The van der Waals surface area contributed by atoms with E-state index in [4.69, 9.17) is 5.73 Å². The van der Waals surface area contributed by atoms with Gasteiger partial charge in [0, 0.05) is 37.6 Å². The van der Waals surface area contributed by atoms with E-state index in [1.807, 2.05) is 0 Å². The normalized spacial score (nSPS) is 24.4. The Morgan fingerprint density at radius 3 is 2.75 bits per heavy atom. The van der Waals surface area contributed by atoms with Crippen LogP contribution in [0.1, 0.15) is 19.3 Å².